The number of ether oxygens (including phenoxy) is 1. The first-order valence-corrected chi connectivity index (χ1v) is 5.91. The van der Waals surface area contributed by atoms with Crippen LogP contribution in [0.5, 0.6) is 5.75 Å². The summed E-state index contributed by atoms with van der Waals surface area (Å²) in [5.74, 6) is -0.0717. The molecular weight excluding hydrogens is 257 g/mol. The molecule has 0 aromatic heterocycles. The lowest BCUT2D eigenvalue weighted by Crippen LogP contribution is -2.36. The number of nitrogens with two attached hydrogens (primary N) is 1. The van der Waals surface area contributed by atoms with E-state index in [2.05, 4.69) is 0 Å². The molecule has 3 nitrogen and oxygen atoms in total. The molecule has 0 unspecified atom stereocenters. The Morgan fingerprint density at radius 1 is 1.44 bits per heavy atom. The Hall–Kier alpha value is -0.840. The average molecular weight is 276 g/mol. The molecule has 102 valence electrons. The highest BCUT2D eigenvalue weighted by atomic mass is 35.5. The second-order valence-corrected chi connectivity index (χ2v) is 4.57. The van der Waals surface area contributed by atoms with Gasteiger partial charge in [-0.05, 0) is 24.8 Å². The van der Waals surface area contributed by atoms with Crippen molar-refractivity contribution in [1.29, 1.82) is 0 Å². The lowest BCUT2D eigenvalue weighted by molar-refractivity contribution is 0.0406. The van der Waals surface area contributed by atoms with E-state index in [1.54, 1.807) is 12.1 Å². The number of benzene rings is 1. The summed E-state index contributed by atoms with van der Waals surface area (Å²) in [5, 5.41) is 10.1. The minimum Gasteiger partial charge on any atom is -0.493 e. The van der Waals surface area contributed by atoms with Gasteiger partial charge in [-0.1, -0.05) is 18.6 Å². The van der Waals surface area contributed by atoms with E-state index in [0.29, 0.717) is 5.56 Å². The summed E-state index contributed by atoms with van der Waals surface area (Å²) in [6, 6.07) is 4.02. The first-order valence-electron chi connectivity index (χ1n) is 5.91. The molecular formula is C13H19ClFNO2. The number of methoxy groups -OCH3 is 1. The van der Waals surface area contributed by atoms with Gasteiger partial charge in [0.05, 0.1) is 19.3 Å². The molecule has 3 N–H and O–H groups in total. The molecule has 0 spiro atoms. The van der Waals surface area contributed by atoms with Gasteiger partial charge in [0, 0.05) is 5.56 Å². The quantitative estimate of drug-likeness (QED) is 0.887. The molecule has 0 heterocycles. The Morgan fingerprint density at radius 3 is 2.61 bits per heavy atom. The third kappa shape index (κ3) is 2.76. The van der Waals surface area contributed by atoms with Crippen molar-refractivity contribution in [2.24, 2.45) is 11.7 Å². The maximum absolute atomic E-state index is 13.5. The van der Waals surface area contributed by atoms with E-state index in [1.807, 2.05) is 0 Å². The summed E-state index contributed by atoms with van der Waals surface area (Å²) >= 11 is 0. The van der Waals surface area contributed by atoms with E-state index in [9.17, 15) is 9.50 Å². The molecule has 1 aliphatic carbocycles. The molecule has 1 fully saturated rings. The topological polar surface area (TPSA) is 55.5 Å². The number of aliphatic hydroxyl groups is 1. The number of para-hydroxylation sites is 1. The fraction of sp³-hybridized carbons (Fsp3) is 0.538. The molecule has 1 aliphatic rings. The van der Waals surface area contributed by atoms with E-state index in [1.165, 1.54) is 13.2 Å². The Morgan fingerprint density at radius 2 is 2.11 bits per heavy atom. The molecule has 18 heavy (non-hydrogen) atoms. The molecule has 0 radical (unpaired) electrons. The lowest BCUT2D eigenvalue weighted by atomic mass is 9.77. The molecule has 1 aromatic carbocycles. The third-order valence-electron chi connectivity index (χ3n) is 3.56. The molecule has 0 amide bonds. The largest absolute Gasteiger partial charge is 0.493 e. The second kappa shape index (κ2) is 6.36. The van der Waals surface area contributed by atoms with Gasteiger partial charge in [-0.3, -0.25) is 0 Å². The first-order chi connectivity index (χ1) is 8.15. The summed E-state index contributed by atoms with van der Waals surface area (Å²) < 4.78 is 18.5. The monoisotopic (exact) mass is 275 g/mol. The summed E-state index contributed by atoms with van der Waals surface area (Å²) in [7, 11) is 1.41. The fourth-order valence-electron chi connectivity index (χ4n) is 2.26. The van der Waals surface area contributed by atoms with E-state index in [4.69, 9.17) is 10.5 Å². The number of halogens is 2. The first kappa shape index (κ1) is 15.2. The van der Waals surface area contributed by atoms with Crippen molar-refractivity contribution in [3.8, 4) is 5.75 Å². The maximum atomic E-state index is 13.5. The van der Waals surface area contributed by atoms with Gasteiger partial charge in [0.1, 0.15) is 0 Å². The van der Waals surface area contributed by atoms with Crippen LogP contribution in [0.3, 0.4) is 0 Å². The zero-order valence-corrected chi connectivity index (χ0v) is 11.1. The Kier molecular flexibility index (Phi) is 5.38. The summed E-state index contributed by atoms with van der Waals surface area (Å²) in [4.78, 5) is 0. The Bertz CT molecular complexity index is 399. The molecule has 0 bridgehead atoms. The van der Waals surface area contributed by atoms with Gasteiger partial charge < -0.3 is 15.6 Å². The van der Waals surface area contributed by atoms with Crippen molar-refractivity contribution < 1.29 is 14.2 Å². The zero-order chi connectivity index (χ0) is 12.4. The van der Waals surface area contributed by atoms with Gasteiger partial charge in [-0.25, -0.2) is 4.39 Å². The molecule has 0 aliphatic heterocycles. The second-order valence-electron chi connectivity index (χ2n) is 4.57. The molecule has 2 rings (SSSR count). The van der Waals surface area contributed by atoms with Gasteiger partial charge in [0.15, 0.2) is 11.6 Å². The lowest BCUT2D eigenvalue weighted by Gasteiger charge is -2.34. The van der Waals surface area contributed by atoms with Gasteiger partial charge in [0.2, 0.25) is 0 Å². The smallest absolute Gasteiger partial charge is 0.165 e. The highest BCUT2D eigenvalue weighted by Crippen LogP contribution is 2.37. The maximum Gasteiger partial charge on any atom is 0.165 e. The Labute approximate surface area is 113 Å². The summed E-state index contributed by atoms with van der Waals surface area (Å²) in [6.45, 7) is 0. The van der Waals surface area contributed by atoms with Crippen LogP contribution >= 0.6 is 12.4 Å². The summed E-state index contributed by atoms with van der Waals surface area (Å²) in [5.41, 5.74) is 6.53. The van der Waals surface area contributed by atoms with Gasteiger partial charge in [-0.15, -0.1) is 12.4 Å². The van der Waals surface area contributed by atoms with Crippen molar-refractivity contribution in [1.82, 2.24) is 0 Å². The SMILES string of the molecule is COc1c(F)cccc1[C@@H](N)[C@@H](O)C1CCC1.Cl. The molecule has 5 heteroatoms. The third-order valence-corrected chi connectivity index (χ3v) is 3.56. The van der Waals surface area contributed by atoms with Crippen LogP contribution < -0.4 is 10.5 Å². The van der Waals surface area contributed by atoms with Gasteiger partial charge >= 0.3 is 0 Å². The average Bonchev–Trinajstić information content (AvgIpc) is 2.25. The van der Waals surface area contributed by atoms with Crippen LogP contribution in [0.2, 0.25) is 0 Å². The van der Waals surface area contributed by atoms with Crippen molar-refractivity contribution in [2.75, 3.05) is 7.11 Å². The van der Waals surface area contributed by atoms with E-state index in [0.717, 1.165) is 19.3 Å². The summed E-state index contributed by atoms with van der Waals surface area (Å²) in [6.07, 6.45) is 2.49. The standard InChI is InChI=1S/C13H18FNO2.ClH/c1-17-13-9(6-3-7-10(13)14)11(15)12(16)8-4-2-5-8;/h3,6-8,11-12,16H,2,4-5,15H2,1H3;1H/t11-,12+;/m1./s1. The predicted molar refractivity (Wildman–Crippen MR) is 70.5 cm³/mol. The number of rotatable bonds is 4. The molecule has 1 aromatic rings. The van der Waals surface area contributed by atoms with E-state index < -0.39 is 18.0 Å². The molecule has 0 saturated heterocycles. The minimum atomic E-state index is -0.626. The van der Waals surface area contributed by atoms with Crippen LogP contribution in [0.4, 0.5) is 4.39 Å². The van der Waals surface area contributed by atoms with Crippen molar-refractivity contribution in [3.05, 3.63) is 29.6 Å². The van der Waals surface area contributed by atoms with Crippen molar-refractivity contribution >= 4 is 12.4 Å². The van der Waals surface area contributed by atoms with Crippen LogP contribution in [0, 0.1) is 11.7 Å². The highest BCUT2D eigenvalue weighted by molar-refractivity contribution is 5.85. The van der Waals surface area contributed by atoms with E-state index in [-0.39, 0.29) is 24.1 Å². The van der Waals surface area contributed by atoms with Crippen LogP contribution in [0.1, 0.15) is 30.9 Å². The van der Waals surface area contributed by atoms with Crippen LogP contribution in [-0.4, -0.2) is 18.3 Å². The van der Waals surface area contributed by atoms with Crippen LogP contribution in [0.15, 0.2) is 18.2 Å². The molecule has 2 atom stereocenters. The highest BCUT2D eigenvalue weighted by Gasteiger charge is 2.32. The fourth-order valence-corrected chi connectivity index (χ4v) is 2.26. The van der Waals surface area contributed by atoms with Crippen LogP contribution in [0.25, 0.3) is 0 Å². The van der Waals surface area contributed by atoms with Gasteiger partial charge in [-0.2, -0.15) is 0 Å². The van der Waals surface area contributed by atoms with Gasteiger partial charge in [0.25, 0.3) is 0 Å². The Balaban J connectivity index is 0.00000162. The van der Waals surface area contributed by atoms with Crippen molar-refractivity contribution in [3.63, 3.8) is 0 Å². The predicted octanol–water partition coefficient (Wildman–Crippen LogP) is 2.42. The number of aliphatic hydroxyl groups excluding tert-OH is 1. The van der Waals surface area contributed by atoms with Crippen LogP contribution in [-0.2, 0) is 0 Å². The van der Waals surface area contributed by atoms with Crippen molar-refractivity contribution in [2.45, 2.75) is 31.4 Å². The van der Waals surface area contributed by atoms with E-state index >= 15 is 0 Å². The normalized spacial score (nSPS) is 18.4. The minimum absolute atomic E-state index is 0. The number of hydrogen-bond acceptors (Lipinski definition) is 3. The molecule has 1 saturated carbocycles. The number of hydrogen-bond donors (Lipinski definition) is 2. The zero-order valence-electron chi connectivity index (χ0n) is 10.3.